The lowest BCUT2D eigenvalue weighted by Crippen LogP contribution is -1.89. The maximum atomic E-state index is 13.2. The first kappa shape index (κ1) is 9.52. The minimum atomic E-state index is -0.394. The molecule has 0 saturated carbocycles. The second kappa shape index (κ2) is 4.00. The summed E-state index contributed by atoms with van der Waals surface area (Å²) in [5, 5.41) is 0. The fraction of sp³-hybridized carbons (Fsp3) is 0. The van der Waals surface area contributed by atoms with Gasteiger partial charge in [0, 0.05) is 11.8 Å². The third-order valence-corrected chi connectivity index (χ3v) is 1.87. The molecular formula is C12H9FNO. The predicted molar refractivity (Wildman–Crippen MR) is 56.2 cm³/mol. The summed E-state index contributed by atoms with van der Waals surface area (Å²) in [7, 11) is 0. The molecule has 2 rings (SSSR count). The zero-order valence-electron chi connectivity index (χ0n) is 7.91. The molecular weight excluding hydrogens is 193 g/mol. The van der Waals surface area contributed by atoms with E-state index in [0.717, 1.165) is 0 Å². The van der Waals surface area contributed by atoms with E-state index in [1.165, 1.54) is 6.07 Å². The molecule has 2 nitrogen and oxygen atoms in total. The molecule has 0 heterocycles. The molecule has 2 aromatic rings. The lowest BCUT2D eigenvalue weighted by Gasteiger charge is -2.05. The molecule has 0 atom stereocenters. The van der Waals surface area contributed by atoms with Crippen LogP contribution in [0.3, 0.4) is 0 Å². The third kappa shape index (κ3) is 2.26. The molecule has 0 aliphatic heterocycles. The smallest absolute Gasteiger partial charge is 0.165 e. The van der Waals surface area contributed by atoms with E-state index in [9.17, 15) is 4.39 Å². The Bertz CT molecular complexity index is 453. The van der Waals surface area contributed by atoms with Crippen LogP contribution in [0.1, 0.15) is 0 Å². The maximum Gasteiger partial charge on any atom is 0.165 e. The molecule has 0 unspecified atom stereocenters. The second-order valence-electron chi connectivity index (χ2n) is 3.01. The van der Waals surface area contributed by atoms with E-state index in [-0.39, 0.29) is 5.75 Å². The normalized spacial score (nSPS) is 9.93. The molecule has 0 saturated heterocycles. The SMILES string of the molecule is Nc1[c]cc(Oc2ccccc2F)cc1. The Kier molecular flexibility index (Phi) is 2.54. The van der Waals surface area contributed by atoms with Gasteiger partial charge in [0.25, 0.3) is 0 Å². The Morgan fingerprint density at radius 3 is 2.60 bits per heavy atom. The predicted octanol–water partition coefficient (Wildman–Crippen LogP) is 3.00. The van der Waals surface area contributed by atoms with E-state index >= 15 is 0 Å². The van der Waals surface area contributed by atoms with Crippen molar-refractivity contribution >= 4 is 5.69 Å². The highest BCUT2D eigenvalue weighted by Gasteiger charge is 2.02. The largest absolute Gasteiger partial charge is 0.454 e. The van der Waals surface area contributed by atoms with Crippen molar-refractivity contribution in [1.82, 2.24) is 0 Å². The fourth-order valence-corrected chi connectivity index (χ4v) is 1.14. The van der Waals surface area contributed by atoms with Crippen LogP contribution in [0.25, 0.3) is 0 Å². The van der Waals surface area contributed by atoms with Crippen molar-refractivity contribution in [2.24, 2.45) is 0 Å². The molecule has 0 aliphatic carbocycles. The summed E-state index contributed by atoms with van der Waals surface area (Å²) in [6.07, 6.45) is 0. The minimum absolute atomic E-state index is 0.190. The number of benzene rings is 2. The highest BCUT2D eigenvalue weighted by atomic mass is 19.1. The van der Waals surface area contributed by atoms with E-state index in [2.05, 4.69) is 6.07 Å². The lowest BCUT2D eigenvalue weighted by atomic mass is 10.3. The van der Waals surface area contributed by atoms with Crippen LogP contribution in [0.15, 0.2) is 42.5 Å². The van der Waals surface area contributed by atoms with E-state index in [0.29, 0.717) is 11.4 Å². The molecule has 15 heavy (non-hydrogen) atoms. The first-order valence-corrected chi connectivity index (χ1v) is 4.45. The summed E-state index contributed by atoms with van der Waals surface area (Å²) in [6, 6.07) is 13.9. The van der Waals surface area contributed by atoms with Gasteiger partial charge in [-0.3, -0.25) is 0 Å². The van der Waals surface area contributed by atoms with Gasteiger partial charge in [-0.25, -0.2) is 4.39 Å². The van der Waals surface area contributed by atoms with Crippen LogP contribution < -0.4 is 10.5 Å². The number of nitrogen functional groups attached to an aromatic ring is 1. The van der Waals surface area contributed by atoms with Crippen LogP contribution in [-0.2, 0) is 0 Å². The standard InChI is InChI=1S/C12H9FNO/c13-11-3-1-2-4-12(11)15-10-7-5-9(14)6-8-10/h1-5,7-8H,14H2. The number of nitrogens with two attached hydrogens (primary N) is 1. The molecule has 0 aromatic heterocycles. The van der Waals surface area contributed by atoms with Crippen LogP contribution in [0, 0.1) is 11.9 Å². The molecule has 0 aliphatic rings. The quantitative estimate of drug-likeness (QED) is 0.760. The van der Waals surface area contributed by atoms with Gasteiger partial charge < -0.3 is 10.5 Å². The maximum absolute atomic E-state index is 13.2. The van der Waals surface area contributed by atoms with Gasteiger partial charge in [-0.05, 0) is 30.3 Å². The molecule has 0 spiro atoms. The first-order chi connectivity index (χ1) is 7.25. The van der Waals surface area contributed by atoms with Crippen LogP contribution in [0.2, 0.25) is 0 Å². The molecule has 2 N–H and O–H groups in total. The number of halogens is 1. The number of ether oxygens (including phenoxy) is 1. The minimum Gasteiger partial charge on any atom is -0.454 e. The van der Waals surface area contributed by atoms with E-state index in [4.69, 9.17) is 10.5 Å². The van der Waals surface area contributed by atoms with Crippen molar-refractivity contribution in [2.75, 3.05) is 5.73 Å². The van der Waals surface area contributed by atoms with Crippen LogP contribution in [0.4, 0.5) is 10.1 Å². The van der Waals surface area contributed by atoms with Crippen molar-refractivity contribution < 1.29 is 9.13 Å². The van der Waals surface area contributed by atoms with Gasteiger partial charge in [-0.1, -0.05) is 12.1 Å². The molecule has 3 heteroatoms. The number of rotatable bonds is 2. The number of para-hydroxylation sites is 1. The van der Waals surface area contributed by atoms with Gasteiger partial charge in [-0.2, -0.15) is 0 Å². The summed E-state index contributed by atoms with van der Waals surface area (Å²) in [5.74, 6) is 0.305. The molecule has 1 radical (unpaired) electrons. The van der Waals surface area contributed by atoms with Crippen LogP contribution in [-0.4, -0.2) is 0 Å². The molecule has 0 bridgehead atoms. The lowest BCUT2D eigenvalue weighted by molar-refractivity contribution is 0.442. The average Bonchev–Trinajstić information content (AvgIpc) is 2.25. The van der Waals surface area contributed by atoms with E-state index in [1.807, 2.05) is 0 Å². The van der Waals surface area contributed by atoms with Gasteiger partial charge in [0.2, 0.25) is 0 Å². The van der Waals surface area contributed by atoms with Crippen molar-refractivity contribution in [3.05, 3.63) is 54.3 Å². The van der Waals surface area contributed by atoms with Crippen LogP contribution in [0.5, 0.6) is 11.5 Å². The van der Waals surface area contributed by atoms with Crippen molar-refractivity contribution in [3.8, 4) is 11.5 Å². The summed E-state index contributed by atoms with van der Waals surface area (Å²) >= 11 is 0. The highest BCUT2D eigenvalue weighted by molar-refractivity contribution is 5.42. The van der Waals surface area contributed by atoms with Gasteiger partial charge in [0.15, 0.2) is 11.6 Å². The second-order valence-corrected chi connectivity index (χ2v) is 3.01. The molecule has 2 aromatic carbocycles. The summed E-state index contributed by atoms with van der Waals surface area (Å²) in [6.45, 7) is 0. The Morgan fingerprint density at radius 2 is 1.93 bits per heavy atom. The third-order valence-electron chi connectivity index (χ3n) is 1.87. The van der Waals surface area contributed by atoms with E-state index < -0.39 is 5.82 Å². The van der Waals surface area contributed by atoms with Gasteiger partial charge in [-0.15, -0.1) is 0 Å². The van der Waals surface area contributed by atoms with Crippen LogP contribution >= 0.6 is 0 Å². The average molecular weight is 202 g/mol. The fourth-order valence-electron chi connectivity index (χ4n) is 1.14. The summed E-state index contributed by atoms with van der Waals surface area (Å²) in [5.41, 5.74) is 5.99. The van der Waals surface area contributed by atoms with Gasteiger partial charge >= 0.3 is 0 Å². The highest BCUT2D eigenvalue weighted by Crippen LogP contribution is 2.24. The van der Waals surface area contributed by atoms with Gasteiger partial charge in [0.05, 0.1) is 0 Å². The Labute approximate surface area is 87.1 Å². The van der Waals surface area contributed by atoms with Crippen molar-refractivity contribution in [1.29, 1.82) is 0 Å². The van der Waals surface area contributed by atoms with Crippen molar-refractivity contribution in [3.63, 3.8) is 0 Å². The first-order valence-electron chi connectivity index (χ1n) is 4.45. The summed E-state index contributed by atoms with van der Waals surface area (Å²) in [4.78, 5) is 0. The zero-order chi connectivity index (χ0) is 10.7. The Morgan fingerprint density at radius 1 is 1.13 bits per heavy atom. The monoisotopic (exact) mass is 202 g/mol. The molecule has 75 valence electrons. The topological polar surface area (TPSA) is 35.2 Å². The van der Waals surface area contributed by atoms with Crippen molar-refractivity contribution in [2.45, 2.75) is 0 Å². The van der Waals surface area contributed by atoms with E-state index in [1.54, 1.807) is 36.4 Å². The number of hydrogen-bond acceptors (Lipinski definition) is 2. The summed E-state index contributed by atoms with van der Waals surface area (Å²) < 4.78 is 18.5. The Hall–Kier alpha value is -2.03. The Balaban J connectivity index is 2.22. The number of hydrogen-bond donors (Lipinski definition) is 1. The number of anilines is 1. The molecule has 0 amide bonds. The van der Waals surface area contributed by atoms with Gasteiger partial charge in [0.1, 0.15) is 5.75 Å². The zero-order valence-corrected chi connectivity index (χ0v) is 7.91. The molecule has 0 fully saturated rings.